The van der Waals surface area contributed by atoms with Crippen molar-refractivity contribution in [2.24, 2.45) is 0 Å². The normalized spacial score (nSPS) is 28.2. The molecule has 12 heavy (non-hydrogen) atoms. The van der Waals surface area contributed by atoms with Crippen molar-refractivity contribution in [3.63, 3.8) is 0 Å². The molecule has 1 heterocycles. The fraction of sp³-hybridized carbons (Fsp3) is 0.300. The number of fused-ring (bicyclic) bond motifs is 1. The second-order valence-electron chi connectivity index (χ2n) is 2.92. The molecule has 2 rings (SSSR count). The molecule has 0 saturated carbocycles. The first-order valence-electron chi connectivity index (χ1n) is 3.96. The number of rotatable bonds is 0. The van der Waals surface area contributed by atoms with Crippen LogP contribution in [0, 0.1) is 6.92 Å². The van der Waals surface area contributed by atoms with Gasteiger partial charge in [0.15, 0.2) is 0 Å². The van der Waals surface area contributed by atoms with Crippen LogP contribution < -0.4 is 0 Å². The van der Waals surface area contributed by atoms with Crippen LogP contribution in [0.1, 0.15) is 22.6 Å². The van der Waals surface area contributed by atoms with Gasteiger partial charge in [-0.15, -0.1) is 11.6 Å². The summed E-state index contributed by atoms with van der Waals surface area (Å²) in [7, 11) is 0. The van der Waals surface area contributed by atoms with E-state index in [9.17, 15) is 0 Å². The number of benzene rings is 1. The molecule has 0 aliphatic carbocycles. The Balaban J connectivity index is 2.47. The fourth-order valence-electron chi connectivity index (χ4n) is 1.47. The Morgan fingerprint density at radius 1 is 1.33 bits per heavy atom. The molecular weight excluding hydrogens is 172 g/mol. The van der Waals surface area contributed by atoms with Gasteiger partial charge in [-0.1, -0.05) is 24.3 Å². The quantitative estimate of drug-likeness (QED) is 0.560. The largest absolute Gasteiger partial charge is 0.372 e. The van der Waals surface area contributed by atoms with E-state index in [1.807, 2.05) is 24.3 Å². The standard InChI is InChI=1S/C10H10ClO/c1-7-8-4-2-3-5-9(8)10(11)6-12-7/h2-5,7,10H,1,6H2. The van der Waals surface area contributed by atoms with Crippen molar-refractivity contribution < 1.29 is 4.74 Å². The molecule has 0 spiro atoms. The summed E-state index contributed by atoms with van der Waals surface area (Å²) in [4.78, 5) is 0. The number of hydrogen-bond donors (Lipinski definition) is 0. The first-order chi connectivity index (χ1) is 5.79. The van der Waals surface area contributed by atoms with Gasteiger partial charge in [-0.25, -0.2) is 0 Å². The maximum Gasteiger partial charge on any atom is 0.0830 e. The molecule has 0 amide bonds. The Bertz CT molecular complexity index is 256. The summed E-state index contributed by atoms with van der Waals surface area (Å²) in [6.45, 7) is 4.45. The molecule has 1 nitrogen and oxygen atoms in total. The summed E-state index contributed by atoms with van der Waals surface area (Å²) in [6, 6.07) is 8.02. The number of hydrogen-bond acceptors (Lipinski definition) is 1. The molecule has 1 aliphatic heterocycles. The zero-order valence-corrected chi connectivity index (χ0v) is 7.42. The predicted molar refractivity (Wildman–Crippen MR) is 49.1 cm³/mol. The van der Waals surface area contributed by atoms with Gasteiger partial charge in [0.1, 0.15) is 0 Å². The van der Waals surface area contributed by atoms with Crippen LogP contribution in [-0.2, 0) is 4.74 Å². The second-order valence-corrected chi connectivity index (χ2v) is 3.45. The van der Waals surface area contributed by atoms with Crippen LogP contribution in [-0.4, -0.2) is 6.61 Å². The maximum atomic E-state index is 6.06. The second kappa shape index (κ2) is 3.08. The van der Waals surface area contributed by atoms with E-state index in [0.29, 0.717) is 6.61 Å². The average Bonchev–Trinajstić information content (AvgIpc) is 2.12. The molecule has 0 saturated heterocycles. The summed E-state index contributed by atoms with van der Waals surface area (Å²) >= 11 is 6.06. The van der Waals surface area contributed by atoms with Gasteiger partial charge >= 0.3 is 0 Å². The molecule has 0 N–H and O–H groups in total. The summed E-state index contributed by atoms with van der Waals surface area (Å²) in [5, 5.41) is -0.0146. The van der Waals surface area contributed by atoms with E-state index < -0.39 is 0 Å². The highest BCUT2D eigenvalue weighted by Gasteiger charge is 2.22. The Hall–Kier alpha value is -0.530. The molecule has 1 aliphatic rings. The highest BCUT2D eigenvalue weighted by molar-refractivity contribution is 6.21. The van der Waals surface area contributed by atoms with Gasteiger partial charge in [-0.05, 0) is 18.1 Å². The van der Waals surface area contributed by atoms with E-state index in [1.54, 1.807) is 0 Å². The minimum Gasteiger partial charge on any atom is -0.372 e. The lowest BCUT2D eigenvalue weighted by atomic mass is 9.98. The molecule has 2 atom stereocenters. The van der Waals surface area contributed by atoms with Crippen LogP contribution in [0.25, 0.3) is 0 Å². The molecule has 2 unspecified atom stereocenters. The van der Waals surface area contributed by atoms with E-state index >= 15 is 0 Å². The first-order valence-corrected chi connectivity index (χ1v) is 4.40. The van der Waals surface area contributed by atoms with Gasteiger partial charge in [0.25, 0.3) is 0 Å². The Morgan fingerprint density at radius 3 is 2.67 bits per heavy atom. The van der Waals surface area contributed by atoms with E-state index in [0.717, 1.165) is 11.1 Å². The highest BCUT2D eigenvalue weighted by Crippen LogP contribution is 2.34. The SMILES string of the molecule is [CH2]C1OCC(Cl)c2ccccc21. The van der Waals surface area contributed by atoms with Gasteiger partial charge in [0.2, 0.25) is 0 Å². The fourth-order valence-corrected chi connectivity index (χ4v) is 1.74. The number of alkyl halides is 1. The molecule has 0 aromatic heterocycles. The van der Waals surface area contributed by atoms with Crippen LogP contribution >= 0.6 is 11.6 Å². The Labute approximate surface area is 77.3 Å². The number of ether oxygens (including phenoxy) is 1. The summed E-state index contributed by atoms with van der Waals surface area (Å²) in [6.07, 6.45) is -0.0591. The van der Waals surface area contributed by atoms with Crippen molar-refractivity contribution in [3.05, 3.63) is 42.3 Å². The molecule has 1 aromatic carbocycles. The summed E-state index contributed by atoms with van der Waals surface area (Å²) in [5.41, 5.74) is 2.27. The van der Waals surface area contributed by atoms with Crippen LogP contribution in [0.15, 0.2) is 24.3 Å². The third-order valence-electron chi connectivity index (χ3n) is 2.12. The zero-order valence-electron chi connectivity index (χ0n) is 6.66. The topological polar surface area (TPSA) is 9.23 Å². The maximum absolute atomic E-state index is 6.06. The molecule has 2 heteroatoms. The molecule has 63 valence electrons. The smallest absolute Gasteiger partial charge is 0.0830 e. The van der Waals surface area contributed by atoms with Crippen molar-refractivity contribution in [3.8, 4) is 0 Å². The summed E-state index contributed by atoms with van der Waals surface area (Å²) in [5.74, 6) is 0. The van der Waals surface area contributed by atoms with Gasteiger partial charge in [-0.2, -0.15) is 0 Å². The third kappa shape index (κ3) is 1.23. The van der Waals surface area contributed by atoms with Crippen molar-refractivity contribution in [1.82, 2.24) is 0 Å². The number of halogens is 1. The monoisotopic (exact) mass is 181 g/mol. The molecule has 1 radical (unpaired) electrons. The lowest BCUT2D eigenvalue weighted by Gasteiger charge is -2.26. The Kier molecular flexibility index (Phi) is 2.07. The van der Waals surface area contributed by atoms with E-state index in [2.05, 4.69) is 6.92 Å². The lowest BCUT2D eigenvalue weighted by Crippen LogP contribution is -2.15. The third-order valence-corrected chi connectivity index (χ3v) is 2.49. The predicted octanol–water partition coefficient (Wildman–Crippen LogP) is 2.87. The Morgan fingerprint density at radius 2 is 2.00 bits per heavy atom. The van der Waals surface area contributed by atoms with Gasteiger partial charge in [-0.3, -0.25) is 0 Å². The van der Waals surface area contributed by atoms with Gasteiger partial charge < -0.3 is 4.74 Å². The van der Waals surface area contributed by atoms with Crippen molar-refractivity contribution >= 4 is 11.6 Å². The van der Waals surface area contributed by atoms with Crippen molar-refractivity contribution in [2.45, 2.75) is 11.5 Å². The van der Waals surface area contributed by atoms with Crippen LogP contribution in [0.4, 0.5) is 0 Å². The van der Waals surface area contributed by atoms with E-state index in [1.165, 1.54) is 0 Å². The lowest BCUT2D eigenvalue weighted by molar-refractivity contribution is 0.0701. The molecule has 1 aromatic rings. The van der Waals surface area contributed by atoms with Crippen LogP contribution in [0.5, 0.6) is 0 Å². The molecular formula is C10H10ClO. The zero-order chi connectivity index (χ0) is 8.55. The van der Waals surface area contributed by atoms with E-state index in [-0.39, 0.29) is 11.5 Å². The summed E-state index contributed by atoms with van der Waals surface area (Å²) < 4.78 is 5.37. The van der Waals surface area contributed by atoms with Crippen molar-refractivity contribution in [2.75, 3.05) is 6.61 Å². The highest BCUT2D eigenvalue weighted by atomic mass is 35.5. The molecule has 0 bridgehead atoms. The first kappa shape index (κ1) is 8.09. The van der Waals surface area contributed by atoms with Crippen LogP contribution in [0.3, 0.4) is 0 Å². The van der Waals surface area contributed by atoms with Crippen molar-refractivity contribution in [1.29, 1.82) is 0 Å². The van der Waals surface area contributed by atoms with Crippen LogP contribution in [0.2, 0.25) is 0 Å². The molecule has 0 fully saturated rings. The minimum absolute atomic E-state index is 0.0146. The minimum atomic E-state index is -0.0591. The van der Waals surface area contributed by atoms with E-state index in [4.69, 9.17) is 16.3 Å². The van der Waals surface area contributed by atoms with Gasteiger partial charge in [0, 0.05) is 0 Å². The van der Waals surface area contributed by atoms with Gasteiger partial charge in [0.05, 0.1) is 18.1 Å². The average molecular weight is 182 g/mol.